The van der Waals surface area contributed by atoms with Gasteiger partial charge in [-0.15, -0.1) is 23.1 Å². The SMILES string of the molecule is CSc1ccccc1NC(=O)/C=C/c1cccs1. The second-order valence-corrected chi connectivity index (χ2v) is 5.37. The largest absolute Gasteiger partial charge is 0.321 e. The summed E-state index contributed by atoms with van der Waals surface area (Å²) in [6.07, 6.45) is 5.37. The van der Waals surface area contributed by atoms with Gasteiger partial charge in [0.2, 0.25) is 5.91 Å². The van der Waals surface area contributed by atoms with Crippen molar-refractivity contribution in [3.8, 4) is 0 Å². The summed E-state index contributed by atoms with van der Waals surface area (Å²) in [5.74, 6) is -0.107. The number of amides is 1. The van der Waals surface area contributed by atoms with Gasteiger partial charge in [0, 0.05) is 15.8 Å². The van der Waals surface area contributed by atoms with Crippen LogP contribution in [0.15, 0.2) is 52.7 Å². The lowest BCUT2D eigenvalue weighted by Gasteiger charge is -2.06. The molecule has 0 spiro atoms. The molecular formula is C14H13NOS2. The first-order chi connectivity index (χ1) is 8.79. The second-order valence-electron chi connectivity index (χ2n) is 3.54. The second kappa shape index (κ2) is 6.42. The number of hydrogen-bond donors (Lipinski definition) is 1. The lowest BCUT2D eigenvalue weighted by molar-refractivity contribution is -0.111. The van der Waals surface area contributed by atoms with Crippen LogP contribution in [0.1, 0.15) is 4.88 Å². The van der Waals surface area contributed by atoms with E-state index in [1.807, 2.05) is 54.1 Å². The number of para-hydroxylation sites is 1. The Labute approximate surface area is 115 Å². The third kappa shape index (κ3) is 3.48. The Bertz CT molecular complexity index is 547. The molecule has 2 aromatic rings. The maximum absolute atomic E-state index is 11.8. The molecule has 0 radical (unpaired) electrons. The highest BCUT2D eigenvalue weighted by atomic mass is 32.2. The van der Waals surface area contributed by atoms with Gasteiger partial charge in [-0.2, -0.15) is 0 Å². The zero-order chi connectivity index (χ0) is 12.8. The molecule has 0 fully saturated rings. The van der Waals surface area contributed by atoms with E-state index in [1.165, 1.54) is 0 Å². The van der Waals surface area contributed by atoms with E-state index in [0.717, 1.165) is 15.5 Å². The van der Waals surface area contributed by atoms with Crippen molar-refractivity contribution in [3.05, 3.63) is 52.7 Å². The molecule has 0 atom stereocenters. The Morgan fingerprint density at radius 1 is 1.28 bits per heavy atom. The molecule has 18 heavy (non-hydrogen) atoms. The fourth-order valence-electron chi connectivity index (χ4n) is 1.47. The van der Waals surface area contributed by atoms with Gasteiger partial charge in [0.15, 0.2) is 0 Å². The van der Waals surface area contributed by atoms with Crippen molar-refractivity contribution < 1.29 is 4.79 Å². The predicted octanol–water partition coefficient (Wildman–Crippen LogP) is 4.12. The van der Waals surface area contributed by atoms with Gasteiger partial charge in [0.05, 0.1) is 5.69 Å². The molecule has 0 saturated carbocycles. The number of nitrogens with one attached hydrogen (secondary N) is 1. The summed E-state index contributed by atoms with van der Waals surface area (Å²) in [5, 5.41) is 4.87. The third-order valence-corrected chi connectivity index (χ3v) is 3.94. The highest BCUT2D eigenvalue weighted by Gasteiger charge is 2.02. The van der Waals surface area contributed by atoms with Crippen molar-refractivity contribution in [1.82, 2.24) is 0 Å². The van der Waals surface area contributed by atoms with Crippen molar-refractivity contribution >= 4 is 40.8 Å². The van der Waals surface area contributed by atoms with Crippen molar-refractivity contribution in [1.29, 1.82) is 0 Å². The maximum atomic E-state index is 11.8. The number of rotatable bonds is 4. The van der Waals surface area contributed by atoms with Gasteiger partial charge in [0.25, 0.3) is 0 Å². The molecule has 1 N–H and O–H groups in total. The highest BCUT2D eigenvalue weighted by Crippen LogP contribution is 2.24. The molecule has 0 aliphatic heterocycles. The molecule has 0 unspecified atom stereocenters. The van der Waals surface area contributed by atoms with Crippen LogP contribution in [-0.2, 0) is 4.79 Å². The summed E-state index contributed by atoms with van der Waals surface area (Å²) in [4.78, 5) is 13.9. The average Bonchev–Trinajstić information content (AvgIpc) is 2.90. The van der Waals surface area contributed by atoms with Gasteiger partial charge in [0.1, 0.15) is 0 Å². The van der Waals surface area contributed by atoms with Crippen LogP contribution in [0.25, 0.3) is 6.08 Å². The third-order valence-electron chi connectivity index (χ3n) is 2.31. The van der Waals surface area contributed by atoms with Gasteiger partial charge in [-0.25, -0.2) is 0 Å². The summed E-state index contributed by atoms with van der Waals surface area (Å²) in [7, 11) is 0. The lowest BCUT2D eigenvalue weighted by atomic mass is 10.3. The zero-order valence-electron chi connectivity index (χ0n) is 9.92. The molecule has 0 aliphatic rings. The Morgan fingerprint density at radius 2 is 2.11 bits per heavy atom. The highest BCUT2D eigenvalue weighted by molar-refractivity contribution is 7.98. The first-order valence-electron chi connectivity index (χ1n) is 5.45. The van der Waals surface area contributed by atoms with Crippen molar-refractivity contribution in [3.63, 3.8) is 0 Å². The van der Waals surface area contributed by atoms with Gasteiger partial charge < -0.3 is 5.32 Å². The molecule has 4 heteroatoms. The monoisotopic (exact) mass is 275 g/mol. The quantitative estimate of drug-likeness (QED) is 0.671. The molecule has 1 heterocycles. The number of hydrogen-bond acceptors (Lipinski definition) is 3. The molecule has 1 amide bonds. The molecular weight excluding hydrogens is 262 g/mol. The average molecular weight is 275 g/mol. The van der Waals surface area contributed by atoms with Crippen LogP contribution in [0.5, 0.6) is 0 Å². The van der Waals surface area contributed by atoms with Crippen LogP contribution in [-0.4, -0.2) is 12.2 Å². The van der Waals surface area contributed by atoms with Gasteiger partial charge in [-0.3, -0.25) is 4.79 Å². The number of benzene rings is 1. The summed E-state index contributed by atoms with van der Waals surface area (Å²) in [6, 6.07) is 11.7. The van der Waals surface area contributed by atoms with E-state index in [0.29, 0.717) is 0 Å². The van der Waals surface area contributed by atoms with Crippen LogP contribution >= 0.6 is 23.1 Å². The number of carbonyl (C=O) groups is 1. The van der Waals surface area contributed by atoms with E-state index >= 15 is 0 Å². The number of anilines is 1. The smallest absolute Gasteiger partial charge is 0.248 e. The predicted molar refractivity (Wildman–Crippen MR) is 80.2 cm³/mol. The van der Waals surface area contributed by atoms with Crippen molar-refractivity contribution in [2.45, 2.75) is 4.90 Å². The maximum Gasteiger partial charge on any atom is 0.248 e. The number of thiophene rings is 1. The van der Waals surface area contributed by atoms with Gasteiger partial charge in [-0.05, 0) is 35.9 Å². The Morgan fingerprint density at radius 3 is 2.83 bits per heavy atom. The fraction of sp³-hybridized carbons (Fsp3) is 0.0714. The normalized spacial score (nSPS) is 10.7. The van der Waals surface area contributed by atoms with Crippen LogP contribution in [0.3, 0.4) is 0 Å². The minimum absolute atomic E-state index is 0.107. The van der Waals surface area contributed by atoms with E-state index in [-0.39, 0.29) is 5.91 Å². The first kappa shape index (κ1) is 12.9. The Kier molecular flexibility index (Phi) is 4.61. The number of carbonyl (C=O) groups excluding carboxylic acids is 1. The van der Waals surface area contributed by atoms with Crippen molar-refractivity contribution in [2.75, 3.05) is 11.6 Å². The van der Waals surface area contributed by atoms with E-state index in [4.69, 9.17) is 0 Å². The lowest BCUT2D eigenvalue weighted by Crippen LogP contribution is -2.08. The van der Waals surface area contributed by atoms with Crippen LogP contribution < -0.4 is 5.32 Å². The Balaban J connectivity index is 2.03. The van der Waals surface area contributed by atoms with Crippen LogP contribution in [0, 0.1) is 0 Å². The standard InChI is InChI=1S/C14H13NOS2/c1-17-13-7-3-2-6-12(13)15-14(16)9-8-11-5-4-10-18-11/h2-10H,1H3,(H,15,16)/b9-8+. The minimum Gasteiger partial charge on any atom is -0.321 e. The first-order valence-corrected chi connectivity index (χ1v) is 7.55. The Hall–Kier alpha value is -1.52. The van der Waals surface area contributed by atoms with Gasteiger partial charge >= 0.3 is 0 Å². The van der Waals surface area contributed by atoms with Crippen LogP contribution in [0.2, 0.25) is 0 Å². The molecule has 0 bridgehead atoms. The molecule has 2 nitrogen and oxygen atoms in total. The number of thioether (sulfide) groups is 1. The molecule has 0 aliphatic carbocycles. The molecule has 0 saturated heterocycles. The molecule has 1 aromatic heterocycles. The van der Waals surface area contributed by atoms with E-state index < -0.39 is 0 Å². The molecule has 92 valence electrons. The van der Waals surface area contributed by atoms with E-state index in [1.54, 1.807) is 29.2 Å². The molecule has 1 aromatic carbocycles. The molecule has 2 rings (SSSR count). The minimum atomic E-state index is -0.107. The summed E-state index contributed by atoms with van der Waals surface area (Å²) >= 11 is 3.22. The van der Waals surface area contributed by atoms with E-state index in [9.17, 15) is 4.79 Å². The summed E-state index contributed by atoms with van der Waals surface area (Å²) < 4.78 is 0. The topological polar surface area (TPSA) is 29.1 Å². The summed E-state index contributed by atoms with van der Waals surface area (Å²) in [5.41, 5.74) is 0.853. The van der Waals surface area contributed by atoms with Crippen LogP contribution in [0.4, 0.5) is 5.69 Å². The summed E-state index contributed by atoms with van der Waals surface area (Å²) in [6.45, 7) is 0. The van der Waals surface area contributed by atoms with E-state index in [2.05, 4.69) is 5.32 Å². The zero-order valence-corrected chi connectivity index (χ0v) is 11.6. The van der Waals surface area contributed by atoms with Crippen molar-refractivity contribution in [2.24, 2.45) is 0 Å². The fourth-order valence-corrected chi connectivity index (χ4v) is 2.64. The van der Waals surface area contributed by atoms with Gasteiger partial charge in [-0.1, -0.05) is 18.2 Å².